The van der Waals surface area contributed by atoms with Crippen molar-refractivity contribution in [2.45, 2.75) is 103 Å². The first-order valence-electron chi connectivity index (χ1n) is 10.5. The maximum atomic E-state index is 3.75. The molecule has 0 bridgehead atoms. The van der Waals surface area contributed by atoms with Gasteiger partial charge in [0.1, 0.15) is 0 Å². The first-order chi connectivity index (χ1) is 11.9. The van der Waals surface area contributed by atoms with E-state index in [1.54, 1.807) is 0 Å². The second-order valence-corrected chi connectivity index (χ2v) is 6.74. The van der Waals surface area contributed by atoms with Crippen LogP contribution in [0.4, 0.5) is 0 Å². The molecule has 0 amide bonds. The van der Waals surface area contributed by atoms with Gasteiger partial charge in [-0.2, -0.15) is 0 Å². The molecule has 0 atom stereocenters. The highest BCUT2D eigenvalue weighted by Crippen LogP contribution is 2.08. The van der Waals surface area contributed by atoms with Crippen molar-refractivity contribution in [3.63, 3.8) is 0 Å². The van der Waals surface area contributed by atoms with Crippen molar-refractivity contribution in [1.29, 1.82) is 0 Å². The highest BCUT2D eigenvalue weighted by molar-refractivity contribution is 5.02. The lowest BCUT2D eigenvalue weighted by Crippen LogP contribution is -1.77. The molecule has 0 aromatic carbocycles. The average molecular weight is 331 g/mol. The van der Waals surface area contributed by atoms with Crippen molar-refractivity contribution >= 4 is 0 Å². The molecule has 0 fully saturated rings. The van der Waals surface area contributed by atoms with E-state index in [-0.39, 0.29) is 0 Å². The molecule has 0 aromatic heterocycles. The molecule has 0 aliphatic rings. The van der Waals surface area contributed by atoms with Crippen molar-refractivity contribution in [1.82, 2.24) is 0 Å². The zero-order valence-corrected chi connectivity index (χ0v) is 16.4. The summed E-state index contributed by atoms with van der Waals surface area (Å²) < 4.78 is 0. The van der Waals surface area contributed by atoms with Crippen LogP contribution in [0.25, 0.3) is 0 Å². The Balaban J connectivity index is 3.22. The third-order valence-corrected chi connectivity index (χ3v) is 4.29. The van der Waals surface area contributed by atoms with Crippen molar-refractivity contribution in [3.05, 3.63) is 49.1 Å². The third-order valence-electron chi connectivity index (χ3n) is 4.29. The summed E-state index contributed by atoms with van der Waals surface area (Å²) in [5.41, 5.74) is 0. The smallest absolute Gasteiger partial charge is 0.0347 e. The van der Waals surface area contributed by atoms with Crippen molar-refractivity contribution in [2.24, 2.45) is 0 Å². The summed E-state index contributed by atoms with van der Waals surface area (Å²) >= 11 is 0. The van der Waals surface area contributed by atoms with Crippen LogP contribution in [0.3, 0.4) is 0 Å². The zero-order valence-electron chi connectivity index (χ0n) is 16.4. The number of unbranched alkanes of at least 4 members (excludes halogenated alkanes) is 12. The minimum absolute atomic E-state index is 1.15. The summed E-state index contributed by atoms with van der Waals surface area (Å²) in [5.74, 6) is 0. The van der Waals surface area contributed by atoms with Crippen molar-refractivity contribution in [2.75, 3.05) is 0 Å². The molecule has 0 unspecified atom stereocenters. The van der Waals surface area contributed by atoms with E-state index in [0.29, 0.717) is 0 Å². The van der Waals surface area contributed by atoms with E-state index >= 15 is 0 Å². The molecule has 0 aromatic rings. The van der Waals surface area contributed by atoms with E-state index < -0.39 is 0 Å². The molecule has 24 heavy (non-hydrogen) atoms. The van der Waals surface area contributed by atoms with E-state index in [1.165, 1.54) is 89.9 Å². The lowest BCUT2D eigenvalue weighted by atomic mass is 10.1. The minimum atomic E-state index is 1.15. The van der Waals surface area contributed by atoms with Gasteiger partial charge in [0.05, 0.1) is 0 Å². The molecule has 0 rings (SSSR count). The van der Waals surface area contributed by atoms with Crippen molar-refractivity contribution in [3.8, 4) is 0 Å². The topological polar surface area (TPSA) is 0 Å². The molecule has 0 aliphatic heterocycles. The molecular weight excluding hydrogens is 288 g/mol. The predicted octanol–water partition coefficient (Wildman–Crippen LogP) is 8.71. The molecule has 0 saturated carbocycles. The van der Waals surface area contributed by atoms with Gasteiger partial charge in [0.25, 0.3) is 0 Å². The van der Waals surface area contributed by atoms with E-state index in [9.17, 15) is 0 Å². The Morgan fingerprint density at radius 1 is 0.500 bits per heavy atom. The van der Waals surface area contributed by atoms with Crippen LogP contribution in [0.5, 0.6) is 0 Å². The maximum absolute atomic E-state index is 3.75. The fourth-order valence-electron chi connectivity index (χ4n) is 2.70. The monoisotopic (exact) mass is 330 g/mol. The van der Waals surface area contributed by atoms with E-state index in [4.69, 9.17) is 0 Å². The fraction of sp³-hybridized carbons (Fsp3) is 0.667. The molecule has 0 aliphatic carbocycles. The highest BCUT2D eigenvalue weighted by Gasteiger charge is 1.88. The normalized spacial score (nSPS) is 12.0. The Morgan fingerprint density at radius 3 is 1.46 bits per heavy atom. The number of hydrogen-bond acceptors (Lipinski definition) is 0. The fourth-order valence-corrected chi connectivity index (χ4v) is 2.70. The Morgan fingerprint density at radius 2 is 0.917 bits per heavy atom. The van der Waals surface area contributed by atoms with Gasteiger partial charge in [0, 0.05) is 0 Å². The number of hydrogen-bond donors (Lipinski definition) is 0. The van der Waals surface area contributed by atoms with Gasteiger partial charge in [-0.3, -0.25) is 0 Å². The van der Waals surface area contributed by atoms with Crippen LogP contribution in [-0.2, 0) is 0 Å². The molecule has 0 radical (unpaired) electrons. The van der Waals surface area contributed by atoms with E-state index in [1.807, 2.05) is 6.08 Å². The summed E-state index contributed by atoms with van der Waals surface area (Å²) in [4.78, 5) is 0. The Labute approximate surface area is 152 Å². The summed E-state index contributed by atoms with van der Waals surface area (Å²) in [5, 5.41) is 0. The molecule has 0 spiro atoms. The standard InChI is InChI=1S/C24H42/c1-3-5-7-9-11-13-15-17-19-21-23-24-22-20-18-16-14-12-10-8-6-4-2/h3,13,15-19H,1,4-12,14,20-24H2,2H3. The Kier molecular flexibility index (Phi) is 21.0. The van der Waals surface area contributed by atoms with E-state index in [0.717, 1.165) is 6.42 Å². The summed E-state index contributed by atoms with van der Waals surface area (Å²) in [6, 6.07) is 0. The average Bonchev–Trinajstić information content (AvgIpc) is 2.60. The van der Waals surface area contributed by atoms with Crippen LogP contribution < -0.4 is 0 Å². The van der Waals surface area contributed by atoms with Crippen LogP contribution in [-0.4, -0.2) is 0 Å². The van der Waals surface area contributed by atoms with Crippen LogP contribution in [0.1, 0.15) is 103 Å². The lowest BCUT2D eigenvalue weighted by molar-refractivity contribution is 0.636. The van der Waals surface area contributed by atoms with E-state index in [2.05, 4.69) is 50.0 Å². The Bertz CT molecular complexity index is 319. The van der Waals surface area contributed by atoms with Crippen LogP contribution in [0.2, 0.25) is 0 Å². The van der Waals surface area contributed by atoms with Gasteiger partial charge < -0.3 is 0 Å². The molecule has 0 heterocycles. The second kappa shape index (κ2) is 22.0. The summed E-state index contributed by atoms with van der Waals surface area (Å²) in [6.45, 7) is 6.02. The van der Waals surface area contributed by atoms with Crippen molar-refractivity contribution < 1.29 is 0 Å². The van der Waals surface area contributed by atoms with Gasteiger partial charge in [-0.25, -0.2) is 0 Å². The predicted molar refractivity (Wildman–Crippen MR) is 113 cm³/mol. The molecule has 138 valence electrons. The number of allylic oxidation sites excluding steroid dienone is 7. The SMILES string of the molecule is C=CCCCCC=CC=CCCCCCC=CCCCCCCC. The van der Waals surface area contributed by atoms with Crippen LogP contribution in [0.15, 0.2) is 49.1 Å². The third kappa shape index (κ3) is 21.0. The largest absolute Gasteiger partial charge is 0.103 e. The highest BCUT2D eigenvalue weighted by atomic mass is 13.9. The molecule has 0 heteroatoms. The minimum Gasteiger partial charge on any atom is -0.103 e. The van der Waals surface area contributed by atoms with Gasteiger partial charge in [-0.05, 0) is 64.2 Å². The Hall–Kier alpha value is -1.04. The van der Waals surface area contributed by atoms with Crippen LogP contribution in [0, 0.1) is 0 Å². The van der Waals surface area contributed by atoms with Gasteiger partial charge in [0.2, 0.25) is 0 Å². The molecular formula is C24H42. The van der Waals surface area contributed by atoms with Gasteiger partial charge >= 0.3 is 0 Å². The quantitative estimate of drug-likeness (QED) is 0.134. The first-order valence-corrected chi connectivity index (χ1v) is 10.5. The van der Waals surface area contributed by atoms with Gasteiger partial charge in [-0.15, -0.1) is 6.58 Å². The van der Waals surface area contributed by atoms with Gasteiger partial charge in [-0.1, -0.05) is 81.6 Å². The summed E-state index contributed by atoms with van der Waals surface area (Å²) in [6.07, 6.45) is 35.5. The number of rotatable bonds is 18. The first kappa shape index (κ1) is 23.0. The maximum Gasteiger partial charge on any atom is -0.0347 e. The zero-order chi connectivity index (χ0) is 17.6. The van der Waals surface area contributed by atoms with Gasteiger partial charge in [0.15, 0.2) is 0 Å². The summed E-state index contributed by atoms with van der Waals surface area (Å²) in [7, 11) is 0. The molecule has 0 saturated heterocycles. The molecule has 0 N–H and O–H groups in total. The van der Waals surface area contributed by atoms with Crippen LogP contribution >= 0.6 is 0 Å². The lowest BCUT2D eigenvalue weighted by Gasteiger charge is -1.97. The molecule has 0 nitrogen and oxygen atoms in total. The second-order valence-electron chi connectivity index (χ2n) is 6.74.